The van der Waals surface area contributed by atoms with Gasteiger partial charge in [0.05, 0.1) is 84.9 Å². The van der Waals surface area contributed by atoms with Gasteiger partial charge in [0.1, 0.15) is 72.5 Å². The number of nitrogens with two attached hydrogens (primary N) is 1. The van der Waals surface area contributed by atoms with Gasteiger partial charge in [0.15, 0.2) is 17.5 Å². The number of nitrogens with one attached hydrogen (secondary N) is 3. The second-order valence-corrected chi connectivity index (χ2v) is 48.2. The number of hydrogen-bond acceptors (Lipinski definition) is 30. The van der Waals surface area contributed by atoms with E-state index in [9.17, 15) is 33.6 Å². The summed E-state index contributed by atoms with van der Waals surface area (Å²) in [7, 11) is 0. The molecule has 7 atom stereocenters. The van der Waals surface area contributed by atoms with Crippen LogP contribution in [-0.4, -0.2) is 296 Å². The Morgan fingerprint density at radius 1 is 0.572 bits per heavy atom. The number of esters is 2. The van der Waals surface area contributed by atoms with E-state index in [0.717, 1.165) is 114 Å². The Kier molecular flexibility index (Phi) is 68.0. The predicted molar refractivity (Wildman–Crippen MR) is 576 cm³/mol. The molecule has 39 heteroatoms. The van der Waals surface area contributed by atoms with Crippen molar-refractivity contribution in [3.05, 3.63) is 102 Å². The summed E-state index contributed by atoms with van der Waals surface area (Å²) >= 11 is 25.4. The molecule has 0 aromatic heterocycles. The number of aldehydes is 1. The van der Waals surface area contributed by atoms with Crippen molar-refractivity contribution in [2.24, 2.45) is 20.7 Å². The highest BCUT2D eigenvalue weighted by molar-refractivity contribution is 9.10. The molecular weight excluding hydrogens is 2140 g/mol. The van der Waals surface area contributed by atoms with Gasteiger partial charge >= 0.3 is 23.9 Å². The number of carboxylic acid groups (broad SMARTS) is 2. The molecule has 0 amide bonds. The van der Waals surface area contributed by atoms with Gasteiger partial charge in [-0.2, -0.15) is 0 Å². The number of aliphatic hydroxyl groups is 3. The lowest BCUT2D eigenvalue weighted by molar-refractivity contribution is -0.147. The predicted octanol–water partition coefficient (Wildman–Crippen LogP) is 16.3. The van der Waals surface area contributed by atoms with Gasteiger partial charge in [-0.3, -0.25) is 44.7 Å². The van der Waals surface area contributed by atoms with Gasteiger partial charge in [-0.05, 0) is 255 Å². The summed E-state index contributed by atoms with van der Waals surface area (Å²) in [5, 5.41) is 57.0. The molecule has 0 bridgehead atoms. The summed E-state index contributed by atoms with van der Waals surface area (Å²) in [6.45, 7) is 39.9. The van der Waals surface area contributed by atoms with Crippen LogP contribution in [0.15, 0.2) is 117 Å². The Bertz CT molecular complexity index is 4040. The summed E-state index contributed by atoms with van der Waals surface area (Å²) < 4.78 is 60.5. The van der Waals surface area contributed by atoms with Gasteiger partial charge in [-0.1, -0.05) is 155 Å². The topological polar surface area (TPSA) is 421 Å². The van der Waals surface area contributed by atoms with Crippen molar-refractivity contribution in [2.75, 3.05) is 129 Å². The van der Waals surface area contributed by atoms with E-state index in [2.05, 4.69) is 270 Å². The first kappa shape index (κ1) is 132. The molecule has 6 fully saturated rings. The lowest BCUT2D eigenvalue weighted by atomic mass is 10.0. The third-order valence-electron chi connectivity index (χ3n) is 19.9. The lowest BCUT2D eigenvalue weighted by Gasteiger charge is -2.33. The average molecular weight is 2300 g/mol. The average Bonchev–Trinajstić information content (AvgIpc) is 1.29. The zero-order valence-electron chi connectivity index (χ0n) is 84.6. The molecule has 3 aromatic carbocycles. The molecule has 7 unspecified atom stereocenters. The molecule has 30 nitrogen and oxygen atoms in total. The van der Waals surface area contributed by atoms with E-state index in [1.54, 1.807) is 37.4 Å². The van der Waals surface area contributed by atoms with Crippen LogP contribution in [0.1, 0.15) is 227 Å². The van der Waals surface area contributed by atoms with Crippen molar-refractivity contribution < 1.29 is 111 Å². The molecule has 10 N–H and O–H groups in total. The quantitative estimate of drug-likeness (QED) is 0.00683. The Morgan fingerprint density at radius 3 is 1.30 bits per heavy atom. The van der Waals surface area contributed by atoms with Crippen molar-refractivity contribution in [3.63, 3.8) is 0 Å². The fourth-order valence-corrected chi connectivity index (χ4v) is 19.7. The lowest BCUT2D eigenvalue weighted by Crippen LogP contribution is -2.39. The minimum Gasteiger partial charge on any atom is -0.480 e. The number of nitrogens with zero attached hydrogens (tertiary/aromatic N) is 3. The minimum absolute atomic E-state index is 0.00855. The number of aliphatic carboxylic acids is 2. The molecule has 9 aliphatic rings. The zero-order valence-corrected chi connectivity index (χ0v) is 94.9. The number of ether oxygens (including phenoxy) is 11. The maximum atomic E-state index is 10.5. The molecular formula is C99H160Br4Cl2N7O23PS2. The number of rotatable bonds is 33. The highest BCUT2D eigenvalue weighted by Crippen LogP contribution is 2.49. The first-order chi connectivity index (χ1) is 64.9. The fourth-order valence-electron chi connectivity index (χ4n) is 13.1. The highest BCUT2D eigenvalue weighted by Gasteiger charge is 2.40. The largest absolute Gasteiger partial charge is 0.480 e. The highest BCUT2D eigenvalue weighted by atomic mass is 79.9. The molecule has 0 saturated carbocycles. The number of alkyl halides is 6. The molecule has 3 aromatic rings. The van der Waals surface area contributed by atoms with Crippen molar-refractivity contribution >= 4 is 198 Å². The number of aliphatic imine (C=N–C) groups is 3. The summed E-state index contributed by atoms with van der Waals surface area (Å²) in [6, 6.07) is 32.9. The van der Waals surface area contributed by atoms with Crippen molar-refractivity contribution in [1.29, 1.82) is 0 Å². The molecule has 6 saturated heterocycles. The molecule has 0 spiro atoms. The molecule has 9 aliphatic heterocycles. The second kappa shape index (κ2) is 71.3. The van der Waals surface area contributed by atoms with E-state index in [0.29, 0.717) is 96.5 Å². The van der Waals surface area contributed by atoms with Crippen LogP contribution in [0.2, 0.25) is 0 Å². The third-order valence-corrected chi connectivity index (χ3v) is 28.6. The summed E-state index contributed by atoms with van der Waals surface area (Å²) in [5.74, 6) is 1.68. The van der Waals surface area contributed by atoms with Gasteiger partial charge in [-0.25, -0.2) is 15.0 Å². The first-order valence-electron chi connectivity index (χ1n) is 46.6. The Labute approximate surface area is 873 Å². The van der Waals surface area contributed by atoms with Crippen LogP contribution < -0.4 is 37.6 Å². The van der Waals surface area contributed by atoms with Gasteiger partial charge < -0.3 is 88.2 Å². The number of benzene rings is 3. The van der Waals surface area contributed by atoms with Crippen LogP contribution in [0.3, 0.4) is 0 Å². The molecule has 138 heavy (non-hydrogen) atoms. The first-order valence-corrected chi connectivity index (χ1v) is 55.9. The van der Waals surface area contributed by atoms with Crippen LogP contribution >= 0.6 is 117 Å². The molecule has 12 rings (SSSR count). The van der Waals surface area contributed by atoms with Gasteiger partial charge in [0.25, 0.3) is 0 Å². The van der Waals surface area contributed by atoms with Crippen molar-refractivity contribution in [1.82, 2.24) is 16.0 Å². The van der Waals surface area contributed by atoms with E-state index in [4.69, 9.17) is 112 Å². The molecule has 9 heterocycles. The van der Waals surface area contributed by atoms with Crippen molar-refractivity contribution in [2.45, 2.75) is 304 Å². The van der Waals surface area contributed by atoms with Gasteiger partial charge in [0.2, 0.25) is 11.8 Å². The molecule has 0 radical (unpaired) electrons. The van der Waals surface area contributed by atoms with Gasteiger partial charge in [0, 0.05) is 65.7 Å². The summed E-state index contributed by atoms with van der Waals surface area (Å²) in [4.78, 5) is 83.9. The normalized spacial score (nSPS) is 20.7. The number of aliphatic hydroxyl groups excluding tert-OH is 3. The fraction of sp³-hybridized carbons (Fsp3) is 0.687. The minimum atomic E-state index is -2.28. The number of halogens is 6. The number of Topliss-reactive ketones (excluding diaryl/α,β-unsaturated/α-hetero) is 2. The molecule has 788 valence electrons. The van der Waals surface area contributed by atoms with Crippen LogP contribution in [0, 0.1) is 0 Å². The monoisotopic (exact) mass is 2300 g/mol. The zero-order chi connectivity index (χ0) is 104. The van der Waals surface area contributed by atoms with E-state index >= 15 is 0 Å². The van der Waals surface area contributed by atoms with Crippen LogP contribution in [0.4, 0.5) is 0 Å². The number of carbonyl (C=O) groups is 7. The third kappa shape index (κ3) is 58.7. The number of carbonyl (C=O) groups excluding carboxylic acids is 5. The maximum absolute atomic E-state index is 10.5. The van der Waals surface area contributed by atoms with E-state index in [-0.39, 0.29) is 117 Å². The van der Waals surface area contributed by atoms with E-state index in [1.165, 1.54) is 53.5 Å². The molecule has 0 aliphatic carbocycles. The number of hydrogen-bond donors (Lipinski definition) is 9. The second-order valence-electron chi connectivity index (χ2n) is 37.9. The Morgan fingerprint density at radius 2 is 0.986 bits per heavy atom. The SMILES string of the molecule is C1CCOC1.CC(=O)CO.CC(C)(N)CO.CC1(C)COC(C(Br)CCC2NC(C)(C)CO2)=N1.CC1(C)COC(C(CCC2NC(C)(C)CO2)=P(c2ccccc2)(c2ccccc2)c2ccccc2)=N1.CSCOC/C(C)=C(/CCC1NC(C)(C)CO1)C1=NC(C)(C)CO1.CSCOCC(C)=O.ClCCl.O=C(O)C(Br)CCCO.O=C1CCCCO1.O=C1OCCCC1Br.O=CCCC(Br)C(=O)O. The number of thioether (sulfide) groups is 2. The van der Waals surface area contributed by atoms with Crippen molar-refractivity contribution in [3.8, 4) is 0 Å². The Hall–Kier alpha value is -4.32. The smallest absolute Gasteiger partial charge is 0.319 e. The van der Waals surface area contributed by atoms with Crippen LogP contribution in [-0.2, 0) is 85.7 Å². The van der Waals surface area contributed by atoms with Gasteiger partial charge in [-0.15, -0.1) is 46.7 Å². The van der Waals surface area contributed by atoms with Crippen LogP contribution in [0.25, 0.3) is 0 Å². The number of cyclic esters (lactones) is 2. The van der Waals surface area contributed by atoms with Crippen LogP contribution in [0.5, 0.6) is 0 Å². The number of ketones is 2. The maximum Gasteiger partial charge on any atom is 0.319 e. The summed E-state index contributed by atoms with van der Waals surface area (Å²) in [5.41, 5.74) is 6.89. The summed E-state index contributed by atoms with van der Waals surface area (Å²) in [6.07, 6.45) is 19.1. The number of carboxylic acids is 2. The van der Waals surface area contributed by atoms with E-state index < -0.39 is 34.0 Å². The van der Waals surface area contributed by atoms with E-state index in [1.807, 2.05) is 12.5 Å². The Balaban J connectivity index is 0.000000816. The standard InChI is InChI=1S/C31H37N2O2P.C18H32N2O3S.C13H23BrN2O2.C5H9BrO3.C5H7BrO3.C5H7BrO2.C5H10O2S.C5H8O2.C4H11NO.C4H8O.C3H6O2.CH2Cl2/c1-30(2)22-34-28(32-30)21-20-27(29-33-31(3,4)23-35-29)36(24-14-8-5-9-15-24,25-16-10-6-11-17-25)26-18-12-7-13-19-26;1-13(9-21-12-24-6)14(16-20-18(4,5)11-23-16)7-8-15-19-17(2,3)10-22-15;1-12(2)7-17-10(15-12)6-5-9(14)11-16-13(3,4)8-18-11;2*6-4(5(8)9)2-1-3-7;6-4-2-1-3-8-5(4)7;1-5(6)3-7-4-8-2;6-5-3-1-2-4-7-5;1-4(2,5)3-6;1-2-4-5-3-1;1-3(5)2-4;2-1-3/h5-19,28,32H,20-23H2,1-4H3;15,19H,7-12H2,1-6H3;9-10,15H,5-8H2,1-4H3;4,7H,1-3H2,(H,8,9);3-4H,1-2H2,(H,8,9);4H,1-3H2;3-4H2,1-2H3;1-4H2;6H,3,5H2,1-2H3;1-4H2;4H,2H2,1H3;1H2/b;14-13-;;;;;;;;;;.